The van der Waals surface area contributed by atoms with Gasteiger partial charge in [-0.1, -0.05) is 0 Å². The fraction of sp³-hybridized carbons (Fsp3) is 0.192. The third-order valence-electron chi connectivity index (χ3n) is 5.49. The van der Waals surface area contributed by atoms with Gasteiger partial charge in [0.2, 0.25) is 0 Å². The third-order valence-corrected chi connectivity index (χ3v) is 5.49. The molecule has 4 aromatic rings. The van der Waals surface area contributed by atoms with Crippen LogP contribution in [0.5, 0.6) is 23.0 Å². The maximum Gasteiger partial charge on any atom is 0.340 e. The summed E-state index contributed by atoms with van der Waals surface area (Å²) in [5.41, 5.74) is 6.51. The topological polar surface area (TPSA) is 144 Å². The molecule has 0 aliphatic heterocycles. The lowest BCUT2D eigenvalue weighted by molar-refractivity contribution is 0.254. The van der Waals surface area contributed by atoms with E-state index < -0.39 is 11.8 Å². The maximum atomic E-state index is 15.0. The SMILES string of the molecule is COc1ccc(/C=N/N(C(N)=O)c2ccc(Oc3ccnc(-c4nncn4CCN(C)C)c3)c(F)c2)cc1O. The Morgan fingerprint density at radius 2 is 1.97 bits per heavy atom. The number of pyridine rings is 1. The van der Waals surface area contributed by atoms with Gasteiger partial charge in [-0.25, -0.2) is 9.18 Å². The summed E-state index contributed by atoms with van der Waals surface area (Å²) >= 11 is 0. The molecule has 2 amide bonds. The molecule has 0 unspecified atom stereocenters. The second kappa shape index (κ2) is 12.0. The highest BCUT2D eigenvalue weighted by atomic mass is 19.1. The zero-order chi connectivity index (χ0) is 27.9. The Balaban J connectivity index is 1.52. The zero-order valence-corrected chi connectivity index (χ0v) is 21.5. The number of amides is 2. The quantitative estimate of drug-likeness (QED) is 0.232. The number of rotatable bonds is 10. The van der Waals surface area contributed by atoms with E-state index in [0.29, 0.717) is 29.4 Å². The third kappa shape index (κ3) is 6.64. The van der Waals surface area contributed by atoms with Gasteiger partial charge in [0, 0.05) is 31.4 Å². The minimum atomic E-state index is -0.936. The number of nitrogens with two attached hydrogens (primary N) is 1. The van der Waals surface area contributed by atoms with Crippen molar-refractivity contribution in [1.29, 1.82) is 0 Å². The van der Waals surface area contributed by atoms with Gasteiger partial charge in [-0.2, -0.15) is 10.1 Å². The number of carbonyl (C=O) groups excluding carboxylic acids is 1. The summed E-state index contributed by atoms with van der Waals surface area (Å²) in [5, 5.41) is 22.9. The van der Waals surface area contributed by atoms with Gasteiger partial charge in [-0.05, 0) is 56.1 Å². The van der Waals surface area contributed by atoms with E-state index in [9.17, 15) is 9.90 Å². The molecular weight excluding hydrogens is 507 g/mol. The van der Waals surface area contributed by atoms with E-state index in [1.807, 2.05) is 23.6 Å². The normalized spacial score (nSPS) is 11.2. The molecule has 13 heteroatoms. The summed E-state index contributed by atoms with van der Waals surface area (Å²) in [6, 6.07) is 10.7. The van der Waals surface area contributed by atoms with Gasteiger partial charge in [0.25, 0.3) is 0 Å². The lowest BCUT2D eigenvalue weighted by Crippen LogP contribution is -2.31. The van der Waals surface area contributed by atoms with Crippen molar-refractivity contribution in [2.75, 3.05) is 32.8 Å². The van der Waals surface area contributed by atoms with Crippen LogP contribution in [0.25, 0.3) is 11.5 Å². The number of nitrogens with zero attached hydrogens (tertiary/aromatic N) is 7. The highest BCUT2D eigenvalue weighted by molar-refractivity contribution is 5.93. The fourth-order valence-electron chi connectivity index (χ4n) is 3.52. The van der Waals surface area contributed by atoms with E-state index in [-0.39, 0.29) is 22.9 Å². The maximum absolute atomic E-state index is 15.0. The van der Waals surface area contributed by atoms with Crippen LogP contribution in [-0.4, -0.2) is 69.8 Å². The van der Waals surface area contributed by atoms with Crippen LogP contribution in [0.1, 0.15) is 5.56 Å². The van der Waals surface area contributed by atoms with Crippen molar-refractivity contribution in [2.45, 2.75) is 6.54 Å². The summed E-state index contributed by atoms with van der Waals surface area (Å²) in [6.07, 6.45) is 4.45. The summed E-state index contributed by atoms with van der Waals surface area (Å²) < 4.78 is 27.6. The van der Waals surface area contributed by atoms with Crippen molar-refractivity contribution in [3.8, 4) is 34.5 Å². The predicted molar refractivity (Wildman–Crippen MR) is 143 cm³/mol. The lowest BCUT2D eigenvalue weighted by atomic mass is 10.2. The van der Waals surface area contributed by atoms with E-state index in [0.717, 1.165) is 17.6 Å². The van der Waals surface area contributed by atoms with Gasteiger partial charge in [-0.15, -0.1) is 10.2 Å². The Morgan fingerprint density at radius 1 is 1.18 bits per heavy atom. The number of carbonyl (C=O) groups is 1. The number of benzene rings is 2. The number of primary amides is 1. The molecule has 0 spiro atoms. The number of halogens is 1. The number of urea groups is 1. The first kappa shape index (κ1) is 27.0. The Hall–Kier alpha value is -5.04. The number of hydrogen-bond donors (Lipinski definition) is 2. The fourth-order valence-corrected chi connectivity index (χ4v) is 3.52. The number of anilines is 1. The Kier molecular flexibility index (Phi) is 8.31. The van der Waals surface area contributed by atoms with E-state index in [1.165, 1.54) is 43.8 Å². The Labute approximate surface area is 223 Å². The number of hydrogen-bond acceptors (Lipinski definition) is 9. The molecule has 0 saturated carbocycles. The standard InChI is InChI=1S/C26H27FN8O4/c1-33(2)10-11-34-16-30-32-25(34)21-14-19(8-9-29-21)39-23-7-5-18(13-20(23)27)35(26(28)37)31-15-17-4-6-24(38-3)22(36)12-17/h4-9,12-16,36H,10-11H2,1-3H3,(H2,28,37)/b31-15+. The van der Waals surface area contributed by atoms with Crippen molar-refractivity contribution in [2.24, 2.45) is 10.8 Å². The highest BCUT2D eigenvalue weighted by Gasteiger charge is 2.16. The van der Waals surface area contributed by atoms with Crippen LogP contribution in [0.2, 0.25) is 0 Å². The number of ether oxygens (including phenoxy) is 2. The Bertz CT molecular complexity index is 1490. The first-order valence-corrected chi connectivity index (χ1v) is 11.7. The minimum Gasteiger partial charge on any atom is -0.504 e. The van der Waals surface area contributed by atoms with Crippen molar-refractivity contribution >= 4 is 17.9 Å². The number of phenols is 1. The van der Waals surface area contributed by atoms with Gasteiger partial charge in [-0.3, -0.25) is 4.98 Å². The Morgan fingerprint density at radius 3 is 2.67 bits per heavy atom. The highest BCUT2D eigenvalue weighted by Crippen LogP contribution is 2.30. The molecule has 0 saturated heterocycles. The zero-order valence-electron chi connectivity index (χ0n) is 21.5. The van der Waals surface area contributed by atoms with Crippen molar-refractivity contribution in [3.63, 3.8) is 0 Å². The van der Waals surface area contributed by atoms with Gasteiger partial charge in [0.15, 0.2) is 28.9 Å². The molecule has 0 radical (unpaired) electrons. The number of aromatic hydroxyl groups is 1. The molecule has 4 rings (SSSR count). The van der Waals surface area contributed by atoms with Gasteiger partial charge in [0.1, 0.15) is 17.8 Å². The van der Waals surface area contributed by atoms with Crippen LogP contribution in [0.3, 0.4) is 0 Å². The van der Waals surface area contributed by atoms with E-state index in [4.69, 9.17) is 15.2 Å². The van der Waals surface area contributed by atoms with Gasteiger partial charge in [0.05, 0.1) is 19.0 Å². The molecule has 3 N–H and O–H groups in total. The minimum absolute atomic E-state index is 0.0748. The average molecular weight is 535 g/mol. The van der Waals surface area contributed by atoms with Crippen LogP contribution >= 0.6 is 0 Å². The summed E-state index contributed by atoms with van der Waals surface area (Å²) in [7, 11) is 5.37. The molecule has 12 nitrogen and oxygen atoms in total. The van der Waals surface area contributed by atoms with Gasteiger partial charge >= 0.3 is 6.03 Å². The molecular formula is C26H27FN8O4. The molecule has 2 aromatic carbocycles. The van der Waals surface area contributed by atoms with Crippen LogP contribution in [0.4, 0.5) is 14.9 Å². The molecule has 2 heterocycles. The van der Waals surface area contributed by atoms with E-state index in [1.54, 1.807) is 24.5 Å². The van der Waals surface area contributed by atoms with Crippen LogP contribution < -0.4 is 20.2 Å². The largest absolute Gasteiger partial charge is 0.504 e. The number of likely N-dealkylation sites (N-methyl/N-ethyl adjacent to an activating group) is 1. The second-order valence-corrected chi connectivity index (χ2v) is 8.57. The molecule has 2 aromatic heterocycles. The van der Waals surface area contributed by atoms with E-state index >= 15 is 4.39 Å². The molecule has 202 valence electrons. The molecule has 0 aliphatic rings. The number of hydrazone groups is 1. The van der Waals surface area contributed by atoms with Crippen LogP contribution in [0.15, 0.2) is 66.2 Å². The first-order valence-electron chi connectivity index (χ1n) is 11.7. The number of aromatic nitrogens is 4. The number of phenolic OH excluding ortho intramolecular Hbond substituents is 1. The van der Waals surface area contributed by atoms with E-state index in [2.05, 4.69) is 20.3 Å². The monoisotopic (exact) mass is 534 g/mol. The first-order chi connectivity index (χ1) is 18.7. The molecule has 0 bridgehead atoms. The average Bonchev–Trinajstić information content (AvgIpc) is 3.38. The summed E-state index contributed by atoms with van der Waals surface area (Å²) in [5.74, 6) is 0.231. The van der Waals surface area contributed by atoms with Crippen LogP contribution in [-0.2, 0) is 6.54 Å². The second-order valence-electron chi connectivity index (χ2n) is 8.57. The smallest absolute Gasteiger partial charge is 0.340 e. The molecule has 0 aliphatic carbocycles. The molecule has 0 atom stereocenters. The summed E-state index contributed by atoms with van der Waals surface area (Å²) in [4.78, 5) is 18.4. The predicted octanol–water partition coefficient (Wildman–Crippen LogP) is 3.47. The van der Waals surface area contributed by atoms with Gasteiger partial charge < -0.3 is 29.8 Å². The number of methoxy groups -OCH3 is 1. The van der Waals surface area contributed by atoms with Crippen molar-refractivity contribution < 1.29 is 23.8 Å². The van der Waals surface area contributed by atoms with Crippen molar-refractivity contribution in [1.82, 2.24) is 24.6 Å². The molecule has 0 fully saturated rings. The summed E-state index contributed by atoms with van der Waals surface area (Å²) in [6.45, 7) is 1.45. The lowest BCUT2D eigenvalue weighted by Gasteiger charge is -2.16. The van der Waals surface area contributed by atoms with Crippen LogP contribution in [0, 0.1) is 5.82 Å². The van der Waals surface area contributed by atoms with Crippen molar-refractivity contribution in [3.05, 3.63) is 72.4 Å². The molecule has 39 heavy (non-hydrogen) atoms.